The van der Waals surface area contributed by atoms with Gasteiger partial charge in [0.15, 0.2) is 5.13 Å². The third kappa shape index (κ3) is 4.78. The van der Waals surface area contributed by atoms with Gasteiger partial charge in [0.1, 0.15) is 0 Å². The molecule has 0 aliphatic heterocycles. The Morgan fingerprint density at radius 3 is 2.91 bits per heavy atom. The second-order valence-electron chi connectivity index (χ2n) is 5.39. The normalized spacial score (nSPS) is 12.2. The summed E-state index contributed by atoms with van der Waals surface area (Å²) in [5.41, 5.74) is 1.68. The molecule has 2 amide bonds. The molecule has 22 heavy (non-hydrogen) atoms. The largest absolute Gasteiger partial charge is 0.394 e. The average Bonchev–Trinajstić information content (AvgIpc) is 2.95. The molecule has 6 nitrogen and oxygen atoms in total. The van der Waals surface area contributed by atoms with Crippen LogP contribution in [0.3, 0.4) is 0 Å². The van der Waals surface area contributed by atoms with Crippen LogP contribution >= 0.6 is 11.3 Å². The van der Waals surface area contributed by atoms with Crippen LogP contribution in [0.15, 0.2) is 29.9 Å². The third-order valence-electron chi connectivity index (χ3n) is 2.99. The van der Waals surface area contributed by atoms with E-state index in [9.17, 15) is 9.90 Å². The predicted octanol–water partition coefficient (Wildman–Crippen LogP) is 2.73. The Bertz CT molecular complexity index is 601. The van der Waals surface area contributed by atoms with Crippen molar-refractivity contribution in [3.8, 4) is 11.3 Å². The molecule has 0 saturated heterocycles. The molecule has 7 heteroatoms. The highest BCUT2D eigenvalue weighted by molar-refractivity contribution is 7.14. The predicted molar refractivity (Wildman–Crippen MR) is 87.8 cm³/mol. The summed E-state index contributed by atoms with van der Waals surface area (Å²) in [5, 5.41) is 17.1. The molecule has 0 aliphatic carbocycles. The minimum atomic E-state index is -0.355. The summed E-state index contributed by atoms with van der Waals surface area (Å²) in [6, 6.07) is 3.15. The first-order valence-corrected chi connectivity index (χ1v) is 8.00. The van der Waals surface area contributed by atoms with Crippen molar-refractivity contribution in [3.05, 3.63) is 29.9 Å². The van der Waals surface area contributed by atoms with Crippen molar-refractivity contribution in [2.45, 2.75) is 26.3 Å². The molecule has 118 valence electrons. The first kappa shape index (κ1) is 16.4. The topological polar surface area (TPSA) is 87.1 Å². The molecule has 0 aliphatic rings. The molecule has 2 heterocycles. The van der Waals surface area contributed by atoms with Crippen molar-refractivity contribution >= 4 is 22.5 Å². The van der Waals surface area contributed by atoms with Gasteiger partial charge < -0.3 is 10.4 Å². The Kier molecular flexibility index (Phi) is 5.85. The lowest BCUT2D eigenvalue weighted by atomic mass is 10.0. The van der Waals surface area contributed by atoms with Crippen LogP contribution in [-0.2, 0) is 0 Å². The van der Waals surface area contributed by atoms with E-state index in [1.165, 1.54) is 11.3 Å². The fourth-order valence-corrected chi connectivity index (χ4v) is 2.76. The van der Waals surface area contributed by atoms with Crippen molar-refractivity contribution in [1.82, 2.24) is 15.3 Å². The lowest BCUT2D eigenvalue weighted by molar-refractivity contribution is 0.214. The fourth-order valence-electron chi connectivity index (χ4n) is 2.04. The van der Waals surface area contributed by atoms with Gasteiger partial charge in [-0.25, -0.2) is 9.78 Å². The number of hydrogen-bond donors (Lipinski definition) is 3. The van der Waals surface area contributed by atoms with Gasteiger partial charge in [0.05, 0.1) is 18.3 Å². The highest BCUT2D eigenvalue weighted by atomic mass is 32.1. The van der Waals surface area contributed by atoms with Crippen LogP contribution in [-0.4, -0.2) is 33.8 Å². The van der Waals surface area contributed by atoms with E-state index >= 15 is 0 Å². The Morgan fingerprint density at radius 1 is 1.45 bits per heavy atom. The third-order valence-corrected chi connectivity index (χ3v) is 3.75. The van der Waals surface area contributed by atoms with Crippen LogP contribution in [0.4, 0.5) is 9.93 Å². The van der Waals surface area contributed by atoms with E-state index < -0.39 is 0 Å². The molecule has 0 bridgehead atoms. The van der Waals surface area contributed by atoms with Crippen molar-refractivity contribution in [2.75, 3.05) is 11.9 Å². The van der Waals surface area contributed by atoms with Gasteiger partial charge in [-0.05, 0) is 24.5 Å². The number of amides is 2. The number of aliphatic hydroxyl groups excluding tert-OH is 1. The highest BCUT2D eigenvalue weighted by Crippen LogP contribution is 2.23. The summed E-state index contributed by atoms with van der Waals surface area (Å²) in [6.07, 6.45) is 4.15. The molecule has 2 rings (SSSR count). The van der Waals surface area contributed by atoms with Crippen LogP contribution in [0.25, 0.3) is 11.3 Å². The Morgan fingerprint density at radius 2 is 2.27 bits per heavy atom. The number of hydrogen-bond acceptors (Lipinski definition) is 5. The van der Waals surface area contributed by atoms with E-state index in [0.717, 1.165) is 17.7 Å². The van der Waals surface area contributed by atoms with Gasteiger partial charge in [-0.1, -0.05) is 13.8 Å². The Balaban J connectivity index is 1.94. The smallest absolute Gasteiger partial charge is 0.321 e. The Labute approximate surface area is 133 Å². The van der Waals surface area contributed by atoms with Crippen molar-refractivity contribution < 1.29 is 9.90 Å². The highest BCUT2D eigenvalue weighted by Gasteiger charge is 2.14. The van der Waals surface area contributed by atoms with Crippen molar-refractivity contribution in [3.63, 3.8) is 0 Å². The summed E-state index contributed by atoms with van der Waals surface area (Å²) in [6.45, 7) is 4.01. The molecule has 2 aromatic heterocycles. The molecule has 0 aromatic carbocycles. The number of anilines is 1. The zero-order valence-corrected chi connectivity index (χ0v) is 13.4. The number of rotatable bonds is 6. The van der Waals surface area contributed by atoms with E-state index in [2.05, 4.69) is 20.6 Å². The Hall–Kier alpha value is -1.99. The number of carbonyl (C=O) groups excluding carboxylic acids is 1. The lowest BCUT2D eigenvalue weighted by Gasteiger charge is -2.17. The van der Waals surface area contributed by atoms with Crippen LogP contribution in [0.1, 0.15) is 20.3 Å². The second kappa shape index (κ2) is 7.86. The fraction of sp³-hybridized carbons (Fsp3) is 0.400. The van der Waals surface area contributed by atoms with Crippen LogP contribution in [0.5, 0.6) is 0 Å². The molecule has 0 fully saturated rings. The summed E-state index contributed by atoms with van der Waals surface area (Å²) in [7, 11) is 0. The van der Waals surface area contributed by atoms with Crippen molar-refractivity contribution in [2.24, 2.45) is 5.92 Å². The maximum absolute atomic E-state index is 11.9. The van der Waals surface area contributed by atoms with E-state index in [1.807, 2.05) is 31.4 Å². The lowest BCUT2D eigenvalue weighted by Crippen LogP contribution is -2.40. The maximum atomic E-state index is 11.9. The number of aliphatic hydroxyl groups is 1. The number of carbonyl (C=O) groups is 1. The van der Waals surface area contributed by atoms with Gasteiger partial charge >= 0.3 is 6.03 Å². The molecule has 1 atom stereocenters. The number of pyridine rings is 1. The number of nitrogens with zero attached hydrogens (tertiary/aromatic N) is 2. The standard InChI is InChI=1S/C15H20N4O2S/c1-10(2)6-12(8-20)17-14(21)19-15-18-13(9-22-15)11-4-3-5-16-7-11/h3-5,7,9-10,12,20H,6,8H2,1-2H3,(H2,17,18,19,21). The molecular weight excluding hydrogens is 300 g/mol. The SMILES string of the molecule is CC(C)CC(CO)NC(=O)Nc1nc(-c2cccnc2)cs1. The molecular formula is C15H20N4O2S. The van der Waals surface area contributed by atoms with Gasteiger partial charge in [-0.2, -0.15) is 0 Å². The first-order valence-electron chi connectivity index (χ1n) is 7.12. The van der Waals surface area contributed by atoms with Crippen LogP contribution < -0.4 is 10.6 Å². The van der Waals surface area contributed by atoms with Gasteiger partial charge in [0.2, 0.25) is 0 Å². The van der Waals surface area contributed by atoms with Gasteiger partial charge in [-0.15, -0.1) is 11.3 Å². The van der Waals surface area contributed by atoms with E-state index in [1.54, 1.807) is 12.4 Å². The maximum Gasteiger partial charge on any atom is 0.321 e. The summed E-state index contributed by atoms with van der Waals surface area (Å²) < 4.78 is 0. The minimum Gasteiger partial charge on any atom is -0.394 e. The second-order valence-corrected chi connectivity index (χ2v) is 6.25. The minimum absolute atomic E-state index is 0.0790. The van der Waals surface area contributed by atoms with Gasteiger partial charge in [0, 0.05) is 23.3 Å². The molecule has 3 N–H and O–H groups in total. The van der Waals surface area contributed by atoms with Gasteiger partial charge in [-0.3, -0.25) is 10.3 Å². The molecule has 0 radical (unpaired) electrons. The quantitative estimate of drug-likeness (QED) is 0.764. The van der Waals surface area contributed by atoms with E-state index in [4.69, 9.17) is 0 Å². The molecule has 0 spiro atoms. The number of aromatic nitrogens is 2. The number of nitrogens with one attached hydrogen (secondary N) is 2. The zero-order chi connectivity index (χ0) is 15.9. The number of thiazole rings is 1. The zero-order valence-electron chi connectivity index (χ0n) is 12.6. The van der Waals surface area contributed by atoms with E-state index in [0.29, 0.717) is 11.0 Å². The van der Waals surface area contributed by atoms with Gasteiger partial charge in [0.25, 0.3) is 0 Å². The van der Waals surface area contributed by atoms with E-state index in [-0.39, 0.29) is 18.7 Å². The number of urea groups is 1. The van der Waals surface area contributed by atoms with Crippen LogP contribution in [0.2, 0.25) is 0 Å². The molecule has 0 saturated carbocycles. The van der Waals surface area contributed by atoms with Crippen molar-refractivity contribution in [1.29, 1.82) is 0 Å². The monoisotopic (exact) mass is 320 g/mol. The summed E-state index contributed by atoms with van der Waals surface area (Å²) >= 11 is 1.35. The summed E-state index contributed by atoms with van der Waals surface area (Å²) in [5.74, 6) is 0.398. The first-order chi connectivity index (χ1) is 10.6. The molecule has 2 aromatic rings. The molecule has 1 unspecified atom stereocenters. The summed E-state index contributed by atoms with van der Waals surface area (Å²) in [4.78, 5) is 20.3. The average molecular weight is 320 g/mol. The van der Waals surface area contributed by atoms with Crippen LogP contribution in [0, 0.1) is 5.92 Å².